The number of carbonyl (C=O) groups is 4. The van der Waals surface area contributed by atoms with Crippen LogP contribution in [0.5, 0.6) is 0 Å². The van der Waals surface area contributed by atoms with Gasteiger partial charge in [0, 0.05) is 10.2 Å². The van der Waals surface area contributed by atoms with Gasteiger partial charge in [-0.1, -0.05) is 46.3 Å². The van der Waals surface area contributed by atoms with Crippen molar-refractivity contribution < 1.29 is 23.9 Å². The number of nitrogens with zero attached hydrogens (tertiary/aromatic N) is 1. The maximum Gasteiger partial charge on any atom is 0.338 e. The summed E-state index contributed by atoms with van der Waals surface area (Å²) in [6, 6.07) is 21.9. The fourth-order valence-corrected chi connectivity index (χ4v) is 6.92. The molecule has 3 fully saturated rings. The van der Waals surface area contributed by atoms with Crippen LogP contribution in [-0.2, 0) is 19.1 Å². The first-order valence-electron chi connectivity index (χ1n) is 13.1. The summed E-state index contributed by atoms with van der Waals surface area (Å²) in [5.74, 6) is -1.27. The van der Waals surface area contributed by atoms with Crippen LogP contribution in [0.15, 0.2) is 77.3 Å². The summed E-state index contributed by atoms with van der Waals surface area (Å²) in [7, 11) is 0. The van der Waals surface area contributed by atoms with Crippen molar-refractivity contribution >= 4 is 51.0 Å². The van der Waals surface area contributed by atoms with Gasteiger partial charge in [0.05, 0.1) is 23.1 Å². The summed E-state index contributed by atoms with van der Waals surface area (Å²) >= 11 is 3.41. The molecule has 3 amide bonds. The van der Waals surface area contributed by atoms with Gasteiger partial charge >= 0.3 is 5.97 Å². The number of esters is 1. The fourth-order valence-electron chi connectivity index (χ4n) is 6.68. The molecule has 6 rings (SSSR count). The van der Waals surface area contributed by atoms with Crippen molar-refractivity contribution in [3.8, 4) is 0 Å². The van der Waals surface area contributed by atoms with Gasteiger partial charge in [0.25, 0.3) is 5.91 Å². The van der Waals surface area contributed by atoms with Crippen LogP contribution in [0.4, 0.5) is 11.4 Å². The van der Waals surface area contributed by atoms with E-state index in [1.165, 1.54) is 22.6 Å². The zero-order valence-electron chi connectivity index (χ0n) is 21.3. The highest BCUT2D eigenvalue weighted by Crippen LogP contribution is 2.61. The van der Waals surface area contributed by atoms with Crippen LogP contribution in [0.1, 0.15) is 40.2 Å². The van der Waals surface area contributed by atoms with Gasteiger partial charge in [-0.2, -0.15) is 0 Å². The molecular weight excluding hydrogens is 560 g/mol. The standard InChI is InChI=1S/C31H27BrN2O5/c1-17-13-21(9-12-25(17)32)33-26(35)16-39-31(38)19-7-10-22(11-8-19)34-29(36)27-20-14-23(18-5-3-2-4-6-18)24(15-20)28(27)30(34)37/h2-13,20,23-24,27-28H,14-16H2,1H3,(H,33,35)/t20-,23+,24+,27+,28+/m0/s1. The Kier molecular flexibility index (Phi) is 6.59. The lowest BCUT2D eigenvalue weighted by molar-refractivity contribution is -0.123. The lowest BCUT2D eigenvalue weighted by Crippen LogP contribution is -2.33. The van der Waals surface area contributed by atoms with Crippen LogP contribution in [-0.4, -0.2) is 30.3 Å². The Balaban J connectivity index is 1.09. The summed E-state index contributed by atoms with van der Waals surface area (Å²) in [6.07, 6.45) is 1.85. The second-order valence-corrected chi connectivity index (χ2v) is 11.5. The highest BCUT2D eigenvalue weighted by molar-refractivity contribution is 9.10. The number of rotatable bonds is 6. The van der Waals surface area contributed by atoms with Crippen LogP contribution in [0.3, 0.4) is 0 Å². The van der Waals surface area contributed by atoms with Crippen LogP contribution >= 0.6 is 15.9 Å². The molecule has 2 aliphatic carbocycles. The summed E-state index contributed by atoms with van der Waals surface area (Å²) in [6.45, 7) is 1.47. The topological polar surface area (TPSA) is 92.8 Å². The average molecular weight is 587 g/mol. The van der Waals surface area contributed by atoms with Crippen molar-refractivity contribution in [1.29, 1.82) is 0 Å². The smallest absolute Gasteiger partial charge is 0.338 e. The third-order valence-corrected chi connectivity index (χ3v) is 9.27. The largest absolute Gasteiger partial charge is 0.452 e. The molecule has 1 N–H and O–H groups in total. The molecule has 2 bridgehead atoms. The fraction of sp³-hybridized carbons (Fsp3) is 0.290. The number of ether oxygens (including phenoxy) is 1. The number of imide groups is 1. The molecular formula is C31H27BrN2O5. The minimum absolute atomic E-state index is 0.140. The van der Waals surface area contributed by atoms with Crippen LogP contribution in [0.2, 0.25) is 0 Å². The molecule has 0 radical (unpaired) electrons. The Hall–Kier alpha value is -3.78. The molecule has 5 atom stereocenters. The quantitative estimate of drug-likeness (QED) is 0.305. The number of aryl methyl sites for hydroxylation is 1. The minimum atomic E-state index is -0.664. The van der Waals surface area contributed by atoms with Crippen molar-refractivity contribution in [2.24, 2.45) is 23.7 Å². The summed E-state index contributed by atoms with van der Waals surface area (Å²) in [4.78, 5) is 53.0. The highest BCUT2D eigenvalue weighted by atomic mass is 79.9. The van der Waals surface area contributed by atoms with E-state index in [2.05, 4.69) is 33.4 Å². The van der Waals surface area contributed by atoms with Crippen molar-refractivity contribution in [2.45, 2.75) is 25.7 Å². The number of halogens is 1. The Labute approximate surface area is 234 Å². The molecule has 198 valence electrons. The normalized spacial score (nSPS) is 25.1. The SMILES string of the molecule is Cc1cc(NC(=O)COC(=O)c2ccc(N3C(=O)[C@@H]4[C@@H]5C[C@@H]([C@H]4C3=O)[C@@H](c3ccccc3)C5)cc2)ccc1Br. The molecule has 1 heterocycles. The number of nitrogens with one attached hydrogen (secondary N) is 1. The molecule has 1 saturated heterocycles. The molecule has 0 aromatic heterocycles. The van der Waals surface area contributed by atoms with Gasteiger partial charge in [0.15, 0.2) is 6.61 Å². The van der Waals surface area contributed by atoms with Gasteiger partial charge in [-0.05, 0) is 91.1 Å². The summed E-state index contributed by atoms with van der Waals surface area (Å²) < 4.78 is 6.10. The number of hydrogen-bond donors (Lipinski definition) is 1. The molecule has 3 aromatic carbocycles. The molecule has 7 nitrogen and oxygen atoms in total. The van der Waals surface area contributed by atoms with Gasteiger partial charge in [0.2, 0.25) is 11.8 Å². The first-order valence-corrected chi connectivity index (χ1v) is 13.9. The molecule has 39 heavy (non-hydrogen) atoms. The van der Waals surface area contributed by atoms with Crippen LogP contribution in [0, 0.1) is 30.6 Å². The van der Waals surface area contributed by atoms with Gasteiger partial charge in [-0.15, -0.1) is 0 Å². The number of anilines is 2. The number of carbonyl (C=O) groups excluding carboxylic acids is 4. The van der Waals surface area contributed by atoms with Crippen molar-refractivity contribution in [3.05, 3.63) is 94.0 Å². The molecule has 0 spiro atoms. The number of hydrogen-bond acceptors (Lipinski definition) is 5. The minimum Gasteiger partial charge on any atom is -0.452 e. The summed E-state index contributed by atoms with van der Waals surface area (Å²) in [5.41, 5.74) is 3.50. The van der Waals surface area contributed by atoms with E-state index in [0.717, 1.165) is 22.9 Å². The molecule has 0 unspecified atom stereocenters. The number of amides is 3. The monoisotopic (exact) mass is 586 g/mol. The van der Waals surface area contributed by atoms with Crippen molar-refractivity contribution in [1.82, 2.24) is 0 Å². The van der Waals surface area contributed by atoms with E-state index in [1.54, 1.807) is 18.2 Å². The third-order valence-electron chi connectivity index (χ3n) is 8.38. The third kappa shape index (κ3) is 4.56. The summed E-state index contributed by atoms with van der Waals surface area (Å²) in [5, 5.41) is 2.70. The molecule has 3 aliphatic rings. The molecule has 2 saturated carbocycles. The molecule has 3 aromatic rings. The van der Waals surface area contributed by atoms with Crippen LogP contribution in [0.25, 0.3) is 0 Å². The Bertz CT molecular complexity index is 1470. The van der Waals surface area contributed by atoms with Gasteiger partial charge in [-0.3, -0.25) is 19.3 Å². The predicted octanol–water partition coefficient (Wildman–Crippen LogP) is 5.48. The van der Waals surface area contributed by atoms with E-state index < -0.39 is 18.5 Å². The van der Waals surface area contributed by atoms with Crippen molar-refractivity contribution in [2.75, 3.05) is 16.8 Å². The zero-order chi connectivity index (χ0) is 27.3. The van der Waals surface area contributed by atoms with Gasteiger partial charge in [-0.25, -0.2) is 4.79 Å². The van der Waals surface area contributed by atoms with E-state index in [9.17, 15) is 19.2 Å². The molecule has 1 aliphatic heterocycles. The average Bonchev–Trinajstić information content (AvgIpc) is 3.61. The number of benzene rings is 3. The van der Waals surface area contributed by atoms with Gasteiger partial charge in [0.1, 0.15) is 0 Å². The Morgan fingerprint density at radius 1 is 0.949 bits per heavy atom. The van der Waals surface area contributed by atoms with E-state index in [0.29, 0.717) is 17.3 Å². The Morgan fingerprint density at radius 3 is 2.38 bits per heavy atom. The first-order chi connectivity index (χ1) is 18.8. The molecule has 8 heteroatoms. The van der Waals surface area contributed by atoms with E-state index in [-0.39, 0.29) is 41.0 Å². The van der Waals surface area contributed by atoms with Crippen LogP contribution < -0.4 is 10.2 Å². The Morgan fingerprint density at radius 2 is 1.67 bits per heavy atom. The van der Waals surface area contributed by atoms with E-state index >= 15 is 0 Å². The lowest BCUT2D eigenvalue weighted by Gasteiger charge is -2.28. The van der Waals surface area contributed by atoms with Gasteiger partial charge < -0.3 is 10.1 Å². The highest BCUT2D eigenvalue weighted by Gasteiger charge is 2.64. The second-order valence-electron chi connectivity index (χ2n) is 10.6. The number of fused-ring (bicyclic) bond motifs is 5. The maximum absolute atomic E-state index is 13.5. The van der Waals surface area contributed by atoms with E-state index in [4.69, 9.17) is 4.74 Å². The first kappa shape index (κ1) is 25.5. The lowest BCUT2D eigenvalue weighted by atomic mass is 9.73. The second kappa shape index (κ2) is 10.1. The van der Waals surface area contributed by atoms with E-state index in [1.807, 2.05) is 37.3 Å². The zero-order valence-corrected chi connectivity index (χ0v) is 22.9. The van der Waals surface area contributed by atoms with Crippen molar-refractivity contribution in [3.63, 3.8) is 0 Å². The maximum atomic E-state index is 13.5. The predicted molar refractivity (Wildman–Crippen MR) is 149 cm³/mol.